The van der Waals surface area contributed by atoms with Gasteiger partial charge in [-0.1, -0.05) is 51.3 Å². The standard InChI is InChI=1S/C16H16N2O.C2H6.Rb/c1-4-11-8-13-6-7-14(16(19)17-3)9-15(13)18-10-12(11)5-2;1-2;/h4-7,9-10H,1-2,8H2,3H3,(H,17,19);1-2H3;/q;;+1/p-1. The van der Waals surface area contributed by atoms with Crippen molar-refractivity contribution in [1.82, 2.24) is 0 Å². The first-order valence-corrected chi connectivity index (χ1v) is 6.98. The molecule has 1 aliphatic heterocycles. The summed E-state index contributed by atoms with van der Waals surface area (Å²) in [5.41, 5.74) is 4.46. The summed E-state index contributed by atoms with van der Waals surface area (Å²) in [5, 5.41) is 3.66. The zero-order chi connectivity index (χ0) is 15.8. The van der Waals surface area contributed by atoms with E-state index in [1.807, 2.05) is 26.0 Å². The third-order valence-electron chi connectivity index (χ3n) is 3.10. The Kier molecular flexibility index (Phi) is 10.7. The van der Waals surface area contributed by atoms with E-state index in [1.54, 1.807) is 24.4 Å². The molecule has 0 spiro atoms. The zero-order valence-corrected chi connectivity index (χ0v) is 18.8. The number of hydrogen-bond donors (Lipinski definition) is 0. The van der Waals surface area contributed by atoms with Crippen molar-refractivity contribution in [3.8, 4) is 0 Å². The van der Waals surface area contributed by atoms with Gasteiger partial charge in [0, 0.05) is 18.2 Å². The SMILES string of the molecule is C=CC1=C(C=C)Cc2ccc(C(=O)[N-]C)cc2N=C1.CC.[Rb+]. The number of benzene rings is 1. The van der Waals surface area contributed by atoms with Gasteiger partial charge in [0.15, 0.2) is 0 Å². The number of hydrogen-bond acceptors (Lipinski definition) is 2. The van der Waals surface area contributed by atoms with E-state index in [0.29, 0.717) is 5.56 Å². The van der Waals surface area contributed by atoms with E-state index in [1.165, 1.54) is 7.05 Å². The number of carbonyl (C=O) groups is 1. The van der Waals surface area contributed by atoms with Crippen LogP contribution in [-0.2, 0) is 6.42 Å². The minimum Gasteiger partial charge on any atom is -0.652 e. The fraction of sp³-hybridized carbons (Fsp3) is 0.222. The molecule has 0 aliphatic carbocycles. The Morgan fingerprint density at radius 2 is 1.95 bits per heavy atom. The minimum absolute atomic E-state index is 0. The van der Waals surface area contributed by atoms with Crippen LogP contribution in [0.1, 0.15) is 29.8 Å². The quantitative estimate of drug-likeness (QED) is 0.804. The predicted molar refractivity (Wildman–Crippen MR) is 90.7 cm³/mol. The molecule has 0 aromatic heterocycles. The topological polar surface area (TPSA) is 43.5 Å². The third-order valence-corrected chi connectivity index (χ3v) is 3.10. The van der Waals surface area contributed by atoms with Crippen molar-refractivity contribution in [2.24, 2.45) is 4.99 Å². The summed E-state index contributed by atoms with van der Waals surface area (Å²) >= 11 is 0. The van der Waals surface area contributed by atoms with Gasteiger partial charge < -0.3 is 10.1 Å². The molecule has 1 amide bonds. The normalized spacial score (nSPS) is 12.0. The van der Waals surface area contributed by atoms with Crippen molar-refractivity contribution in [2.45, 2.75) is 20.3 Å². The maximum Gasteiger partial charge on any atom is 1.00 e. The molecule has 2 rings (SSSR count). The molecule has 0 atom stereocenters. The molecule has 22 heavy (non-hydrogen) atoms. The first kappa shape index (κ1) is 21.4. The van der Waals surface area contributed by atoms with Crippen LogP contribution < -0.4 is 58.2 Å². The number of nitrogens with zero attached hydrogens (tertiary/aromatic N) is 2. The summed E-state index contributed by atoms with van der Waals surface area (Å²) in [6, 6.07) is 5.47. The van der Waals surface area contributed by atoms with Crippen LogP contribution in [0.2, 0.25) is 0 Å². The second-order valence-corrected chi connectivity index (χ2v) is 4.20. The molecule has 0 bridgehead atoms. The van der Waals surface area contributed by atoms with Gasteiger partial charge in [-0.2, -0.15) is 0 Å². The molecule has 1 aliphatic rings. The molecular formula is C18H21N2ORb. The van der Waals surface area contributed by atoms with Gasteiger partial charge in [-0.3, -0.25) is 4.99 Å². The summed E-state index contributed by atoms with van der Waals surface area (Å²) in [4.78, 5) is 16.0. The second kappa shape index (κ2) is 11.0. The number of carbonyl (C=O) groups excluding carboxylic acids is 1. The van der Waals surface area contributed by atoms with Gasteiger partial charge in [-0.15, -0.1) is 7.05 Å². The number of allylic oxidation sites excluding steroid dienone is 4. The van der Waals surface area contributed by atoms with Crippen LogP contribution in [-0.4, -0.2) is 19.2 Å². The first-order chi connectivity index (χ1) is 10.2. The van der Waals surface area contributed by atoms with E-state index in [4.69, 9.17) is 0 Å². The Morgan fingerprint density at radius 1 is 1.27 bits per heavy atom. The van der Waals surface area contributed by atoms with E-state index in [2.05, 4.69) is 23.5 Å². The summed E-state index contributed by atoms with van der Waals surface area (Å²) < 4.78 is 0. The Labute approximate surface area is 182 Å². The molecule has 1 heterocycles. The van der Waals surface area contributed by atoms with Crippen molar-refractivity contribution in [3.05, 3.63) is 71.1 Å². The third kappa shape index (κ3) is 5.23. The van der Waals surface area contributed by atoms with Gasteiger partial charge in [-0.25, -0.2) is 0 Å². The largest absolute Gasteiger partial charge is 1.00 e. The molecule has 0 fully saturated rings. The van der Waals surface area contributed by atoms with E-state index in [-0.39, 0.29) is 64.1 Å². The number of aliphatic imine (C=N–C) groups is 1. The number of rotatable bonds is 3. The summed E-state index contributed by atoms with van der Waals surface area (Å²) in [6.07, 6.45) is 6.07. The molecule has 3 nitrogen and oxygen atoms in total. The van der Waals surface area contributed by atoms with Crippen LogP contribution in [0.5, 0.6) is 0 Å². The first-order valence-electron chi connectivity index (χ1n) is 6.98. The Bertz CT molecular complexity index is 616. The molecule has 1 aromatic carbocycles. The molecule has 0 N–H and O–H groups in total. The molecule has 0 radical (unpaired) electrons. The smallest absolute Gasteiger partial charge is 0.652 e. The monoisotopic (exact) mass is 366 g/mol. The van der Waals surface area contributed by atoms with Crippen LogP contribution in [0.25, 0.3) is 5.32 Å². The Morgan fingerprint density at radius 3 is 2.50 bits per heavy atom. The van der Waals surface area contributed by atoms with Crippen LogP contribution in [0, 0.1) is 0 Å². The fourth-order valence-corrected chi connectivity index (χ4v) is 2.00. The van der Waals surface area contributed by atoms with Crippen molar-refractivity contribution < 1.29 is 63.0 Å². The van der Waals surface area contributed by atoms with E-state index in [9.17, 15) is 4.79 Å². The van der Waals surface area contributed by atoms with Gasteiger partial charge in [0.2, 0.25) is 0 Å². The maximum atomic E-state index is 11.6. The molecule has 0 saturated carbocycles. The average molecular weight is 367 g/mol. The van der Waals surface area contributed by atoms with Gasteiger partial charge in [0.05, 0.1) is 11.6 Å². The van der Waals surface area contributed by atoms with Gasteiger partial charge >= 0.3 is 58.2 Å². The van der Waals surface area contributed by atoms with Gasteiger partial charge in [0.1, 0.15) is 0 Å². The van der Waals surface area contributed by atoms with Gasteiger partial charge in [0.25, 0.3) is 0 Å². The van der Waals surface area contributed by atoms with Crippen LogP contribution in [0.4, 0.5) is 5.69 Å². The number of amides is 1. The van der Waals surface area contributed by atoms with E-state index < -0.39 is 0 Å². The zero-order valence-electron chi connectivity index (χ0n) is 13.9. The second-order valence-electron chi connectivity index (χ2n) is 4.20. The van der Waals surface area contributed by atoms with Crippen molar-refractivity contribution in [2.75, 3.05) is 7.05 Å². The molecule has 0 unspecified atom stereocenters. The Balaban J connectivity index is 0.00000141. The molecule has 4 heteroatoms. The van der Waals surface area contributed by atoms with Crippen LogP contribution in [0.15, 0.2) is 59.6 Å². The summed E-state index contributed by atoms with van der Waals surface area (Å²) in [5.74, 6) is -0.233. The van der Waals surface area contributed by atoms with Crippen molar-refractivity contribution in [3.63, 3.8) is 0 Å². The van der Waals surface area contributed by atoms with Crippen molar-refractivity contribution >= 4 is 17.8 Å². The van der Waals surface area contributed by atoms with E-state index in [0.717, 1.165) is 28.8 Å². The summed E-state index contributed by atoms with van der Waals surface area (Å²) in [6.45, 7) is 11.6. The molecular weight excluding hydrogens is 346 g/mol. The Hall–Kier alpha value is -0.615. The van der Waals surface area contributed by atoms with Crippen LogP contribution in [0.3, 0.4) is 0 Å². The van der Waals surface area contributed by atoms with Gasteiger partial charge in [-0.05, 0) is 22.8 Å². The maximum absolute atomic E-state index is 11.6. The van der Waals surface area contributed by atoms with Crippen LogP contribution >= 0.6 is 0 Å². The number of fused-ring (bicyclic) bond motifs is 1. The molecule has 0 saturated heterocycles. The average Bonchev–Trinajstić information content (AvgIpc) is 2.73. The fourth-order valence-electron chi connectivity index (χ4n) is 2.00. The minimum atomic E-state index is -0.233. The van der Waals surface area contributed by atoms with Crippen molar-refractivity contribution in [1.29, 1.82) is 0 Å². The summed E-state index contributed by atoms with van der Waals surface area (Å²) in [7, 11) is 1.49. The molecule has 110 valence electrons. The predicted octanol–water partition coefficient (Wildman–Crippen LogP) is 1.79. The van der Waals surface area contributed by atoms with E-state index >= 15 is 0 Å². The molecule has 1 aromatic rings.